The lowest BCUT2D eigenvalue weighted by atomic mass is 9.95. The van der Waals surface area contributed by atoms with E-state index in [0.29, 0.717) is 11.3 Å². The first kappa shape index (κ1) is 12.7. The molecule has 0 spiro atoms. The Morgan fingerprint density at radius 2 is 2.15 bits per heavy atom. The van der Waals surface area contributed by atoms with Crippen LogP contribution in [0.2, 0.25) is 0 Å². The fourth-order valence-electron chi connectivity index (χ4n) is 2.54. The van der Waals surface area contributed by atoms with E-state index in [9.17, 15) is 4.79 Å². The molecule has 0 radical (unpaired) electrons. The third kappa shape index (κ3) is 1.95. The Bertz CT molecular complexity index is 635. The van der Waals surface area contributed by atoms with Gasteiger partial charge in [0, 0.05) is 32.2 Å². The molecule has 2 aromatic rings. The number of hydrogen-bond acceptors (Lipinski definition) is 4. The van der Waals surface area contributed by atoms with E-state index in [1.54, 1.807) is 23.3 Å². The first-order valence-electron chi connectivity index (χ1n) is 6.57. The molecule has 0 aliphatic carbocycles. The number of nitrogens with zero attached hydrogens (tertiary/aromatic N) is 3. The predicted octanol–water partition coefficient (Wildman–Crippen LogP) is 2.15. The van der Waals surface area contributed by atoms with Crippen LogP contribution in [0, 0.1) is 0 Å². The maximum atomic E-state index is 12.8. The molecule has 0 fully saturated rings. The second kappa shape index (κ2) is 4.67. The number of hydrogen-bond donors (Lipinski definition) is 0. The summed E-state index contributed by atoms with van der Waals surface area (Å²) in [6.07, 6.45) is 4.91. The van der Waals surface area contributed by atoms with Crippen molar-refractivity contribution in [2.45, 2.75) is 19.1 Å². The zero-order valence-corrected chi connectivity index (χ0v) is 11.8. The van der Waals surface area contributed by atoms with Crippen LogP contribution < -0.4 is 9.64 Å². The van der Waals surface area contributed by atoms with Crippen LogP contribution in [-0.4, -0.2) is 35.5 Å². The molecule has 2 heterocycles. The summed E-state index contributed by atoms with van der Waals surface area (Å²) in [7, 11) is 3.90. The highest BCUT2D eigenvalue weighted by Gasteiger charge is 2.35. The molecule has 0 bridgehead atoms. The zero-order valence-electron chi connectivity index (χ0n) is 11.8. The summed E-state index contributed by atoms with van der Waals surface area (Å²) >= 11 is 0. The van der Waals surface area contributed by atoms with Gasteiger partial charge in [-0.25, -0.2) is 4.98 Å². The van der Waals surface area contributed by atoms with Gasteiger partial charge in [-0.2, -0.15) is 0 Å². The van der Waals surface area contributed by atoms with E-state index in [-0.39, 0.29) is 17.9 Å². The van der Waals surface area contributed by atoms with E-state index in [1.165, 1.54) is 0 Å². The van der Waals surface area contributed by atoms with Crippen molar-refractivity contribution >= 4 is 11.5 Å². The van der Waals surface area contributed by atoms with Crippen LogP contribution in [0.15, 0.2) is 36.9 Å². The molecule has 2 unspecified atom stereocenters. The highest BCUT2D eigenvalue weighted by molar-refractivity contribution is 6.03. The number of aromatic nitrogens is 2. The lowest BCUT2D eigenvalue weighted by molar-refractivity contribution is 0.0718. The summed E-state index contributed by atoms with van der Waals surface area (Å²) in [5.41, 5.74) is 1.62. The predicted molar refractivity (Wildman–Crippen MR) is 76.5 cm³/mol. The van der Waals surface area contributed by atoms with Crippen molar-refractivity contribution in [1.29, 1.82) is 0 Å². The molecule has 0 saturated carbocycles. The average molecular weight is 271 g/mol. The molecule has 5 heteroatoms. The molecule has 5 nitrogen and oxygen atoms in total. The molecule has 1 aliphatic heterocycles. The van der Waals surface area contributed by atoms with Gasteiger partial charge >= 0.3 is 0 Å². The van der Waals surface area contributed by atoms with E-state index in [4.69, 9.17) is 4.74 Å². The molecule has 1 aliphatic rings. The van der Waals surface area contributed by atoms with E-state index < -0.39 is 0 Å². The average Bonchev–Trinajstić information content (AvgIpc) is 2.92. The minimum absolute atomic E-state index is 0.0699. The molecule has 0 N–H and O–H groups in total. The highest BCUT2D eigenvalue weighted by Crippen LogP contribution is 2.35. The Balaban J connectivity index is 2.05. The Hall–Kier alpha value is -2.30. The van der Waals surface area contributed by atoms with Crippen LogP contribution in [0.5, 0.6) is 5.75 Å². The van der Waals surface area contributed by atoms with Gasteiger partial charge in [0.2, 0.25) is 0 Å². The topological polar surface area (TPSA) is 47.4 Å². The van der Waals surface area contributed by atoms with Gasteiger partial charge in [0.15, 0.2) is 5.78 Å². The SMILES string of the molecule is CC1Oc2ccc(N(C)C)cc2C(=O)C1n1ccnc1. The molecule has 104 valence electrons. The summed E-state index contributed by atoms with van der Waals surface area (Å²) in [6.45, 7) is 1.91. The van der Waals surface area contributed by atoms with Crippen LogP contribution in [-0.2, 0) is 0 Å². The van der Waals surface area contributed by atoms with Crippen molar-refractivity contribution < 1.29 is 9.53 Å². The maximum Gasteiger partial charge on any atom is 0.193 e. The van der Waals surface area contributed by atoms with E-state index in [1.807, 2.05) is 44.1 Å². The van der Waals surface area contributed by atoms with Gasteiger partial charge in [-0.05, 0) is 25.1 Å². The summed E-state index contributed by atoms with van der Waals surface area (Å²) in [5.74, 6) is 0.727. The number of ketones is 1. The van der Waals surface area contributed by atoms with Gasteiger partial charge in [0.1, 0.15) is 17.9 Å². The van der Waals surface area contributed by atoms with Gasteiger partial charge < -0.3 is 14.2 Å². The molecule has 1 aromatic heterocycles. The van der Waals surface area contributed by atoms with Crippen molar-refractivity contribution in [3.63, 3.8) is 0 Å². The summed E-state index contributed by atoms with van der Waals surface area (Å²) in [6, 6.07) is 5.34. The smallest absolute Gasteiger partial charge is 0.193 e. The molecule has 3 rings (SSSR count). The van der Waals surface area contributed by atoms with Gasteiger partial charge in [0.05, 0.1) is 11.9 Å². The number of benzene rings is 1. The fraction of sp³-hybridized carbons (Fsp3) is 0.333. The van der Waals surface area contributed by atoms with Crippen molar-refractivity contribution in [3.8, 4) is 5.75 Å². The summed E-state index contributed by atoms with van der Waals surface area (Å²) in [4.78, 5) is 18.7. The molecule has 1 aromatic carbocycles. The van der Waals surface area contributed by atoms with Gasteiger partial charge in [-0.15, -0.1) is 0 Å². The minimum atomic E-state index is -0.359. The number of Topliss-reactive ketones (excluding diaryl/α,β-unsaturated/α-hetero) is 1. The Kier molecular flexibility index (Phi) is 2.97. The number of carbonyl (C=O) groups is 1. The standard InChI is InChI=1S/C15H17N3O2/c1-10-14(18-7-6-16-9-18)15(19)12-8-11(17(2)3)4-5-13(12)20-10/h4-10,14H,1-3H3. The van der Waals surface area contributed by atoms with Crippen LogP contribution in [0.25, 0.3) is 0 Å². The van der Waals surface area contributed by atoms with Crippen molar-refractivity contribution in [2.75, 3.05) is 19.0 Å². The second-order valence-corrected chi connectivity index (χ2v) is 5.22. The van der Waals surface area contributed by atoms with Gasteiger partial charge in [-0.3, -0.25) is 4.79 Å². The number of rotatable bonds is 2. The molecular weight excluding hydrogens is 254 g/mol. The Morgan fingerprint density at radius 1 is 1.35 bits per heavy atom. The third-order valence-corrected chi connectivity index (χ3v) is 3.62. The van der Waals surface area contributed by atoms with Gasteiger partial charge in [-0.1, -0.05) is 0 Å². The summed E-state index contributed by atoms with van der Waals surface area (Å²) < 4.78 is 7.69. The lowest BCUT2D eigenvalue weighted by Crippen LogP contribution is -2.37. The first-order valence-corrected chi connectivity index (χ1v) is 6.57. The molecule has 20 heavy (non-hydrogen) atoms. The third-order valence-electron chi connectivity index (χ3n) is 3.62. The van der Waals surface area contributed by atoms with E-state index in [2.05, 4.69) is 4.98 Å². The number of carbonyl (C=O) groups excluding carboxylic acids is 1. The number of anilines is 1. The molecule has 2 atom stereocenters. The van der Waals surface area contributed by atoms with Crippen LogP contribution in [0.1, 0.15) is 23.3 Å². The van der Waals surface area contributed by atoms with E-state index >= 15 is 0 Å². The molecular formula is C15H17N3O2. The number of imidazole rings is 1. The molecule has 0 amide bonds. The largest absolute Gasteiger partial charge is 0.487 e. The Labute approximate surface area is 117 Å². The van der Waals surface area contributed by atoms with Crippen LogP contribution in [0.3, 0.4) is 0 Å². The van der Waals surface area contributed by atoms with Crippen LogP contribution >= 0.6 is 0 Å². The first-order chi connectivity index (χ1) is 9.58. The lowest BCUT2D eigenvalue weighted by Gasteiger charge is -2.31. The van der Waals surface area contributed by atoms with Gasteiger partial charge in [0.25, 0.3) is 0 Å². The van der Waals surface area contributed by atoms with Crippen molar-refractivity contribution in [1.82, 2.24) is 9.55 Å². The fourth-order valence-corrected chi connectivity index (χ4v) is 2.54. The van der Waals surface area contributed by atoms with E-state index in [0.717, 1.165) is 5.69 Å². The maximum absolute atomic E-state index is 12.8. The molecule has 0 saturated heterocycles. The van der Waals surface area contributed by atoms with Crippen molar-refractivity contribution in [2.24, 2.45) is 0 Å². The normalized spacial score (nSPS) is 21.2. The Morgan fingerprint density at radius 3 is 2.80 bits per heavy atom. The summed E-state index contributed by atoms with van der Waals surface area (Å²) in [5, 5.41) is 0. The quantitative estimate of drug-likeness (QED) is 0.839. The second-order valence-electron chi connectivity index (χ2n) is 5.22. The number of ether oxygens (including phenoxy) is 1. The van der Waals surface area contributed by atoms with Crippen LogP contribution in [0.4, 0.5) is 5.69 Å². The minimum Gasteiger partial charge on any atom is -0.487 e. The monoisotopic (exact) mass is 271 g/mol. The van der Waals surface area contributed by atoms with Crippen molar-refractivity contribution in [3.05, 3.63) is 42.5 Å². The highest BCUT2D eigenvalue weighted by atomic mass is 16.5. The zero-order chi connectivity index (χ0) is 14.3. The number of fused-ring (bicyclic) bond motifs is 1.